The Bertz CT molecular complexity index is 741. The molecule has 3 rings (SSSR count). The Labute approximate surface area is 140 Å². The molecule has 0 aliphatic carbocycles. The summed E-state index contributed by atoms with van der Waals surface area (Å²) in [6, 6.07) is 0. The first-order valence-electron chi connectivity index (χ1n) is 8.01. The lowest BCUT2D eigenvalue weighted by Gasteiger charge is -2.34. The number of aromatic nitrogens is 3. The van der Waals surface area contributed by atoms with E-state index in [4.69, 9.17) is 9.15 Å². The molecule has 8 nitrogen and oxygen atoms in total. The second-order valence-corrected chi connectivity index (χ2v) is 6.14. The van der Waals surface area contributed by atoms with Crippen LogP contribution in [0.3, 0.4) is 0 Å². The molecule has 0 spiro atoms. The van der Waals surface area contributed by atoms with E-state index in [0.717, 1.165) is 24.7 Å². The van der Waals surface area contributed by atoms with Gasteiger partial charge >= 0.3 is 0 Å². The molecule has 0 saturated carbocycles. The normalized spacial score (nSPS) is 18.7. The topological polar surface area (TPSA) is 76.6 Å². The van der Waals surface area contributed by atoms with E-state index in [-0.39, 0.29) is 11.7 Å². The van der Waals surface area contributed by atoms with Gasteiger partial charge in [-0.1, -0.05) is 0 Å². The van der Waals surface area contributed by atoms with E-state index in [2.05, 4.69) is 14.9 Å². The molecule has 1 atom stereocenters. The zero-order valence-corrected chi connectivity index (χ0v) is 14.3. The molecule has 24 heavy (non-hydrogen) atoms. The summed E-state index contributed by atoms with van der Waals surface area (Å²) in [5, 5.41) is 0. The van der Waals surface area contributed by atoms with Gasteiger partial charge in [-0.15, -0.1) is 0 Å². The van der Waals surface area contributed by atoms with Gasteiger partial charge in [0.15, 0.2) is 5.82 Å². The number of aryl methyl sites for hydroxylation is 2. The third kappa shape index (κ3) is 3.82. The maximum Gasteiger partial charge on any atom is 0.293 e. The molecule has 1 aliphatic rings. The molecular formula is C16H23N5O3. The van der Waals surface area contributed by atoms with Crippen molar-refractivity contribution >= 4 is 5.82 Å². The highest BCUT2D eigenvalue weighted by atomic mass is 16.5. The average molecular weight is 333 g/mol. The summed E-state index contributed by atoms with van der Waals surface area (Å²) in [6.07, 6.45) is 5.02. The van der Waals surface area contributed by atoms with Crippen molar-refractivity contribution in [1.29, 1.82) is 0 Å². The van der Waals surface area contributed by atoms with Crippen LogP contribution in [0.5, 0.6) is 0 Å². The third-order valence-electron chi connectivity index (χ3n) is 4.09. The van der Waals surface area contributed by atoms with Gasteiger partial charge in [-0.25, -0.2) is 9.97 Å². The van der Waals surface area contributed by atoms with E-state index < -0.39 is 0 Å². The summed E-state index contributed by atoms with van der Waals surface area (Å²) in [6.45, 7) is 5.42. The van der Waals surface area contributed by atoms with Gasteiger partial charge in [-0.3, -0.25) is 9.69 Å². The summed E-state index contributed by atoms with van der Waals surface area (Å²) in [5.41, 5.74) is -0.108. The van der Waals surface area contributed by atoms with E-state index in [0.29, 0.717) is 25.5 Å². The standard InChI is InChI=1S/C16H23N5O3/c1-12-8-18-14(24-12)11-21-6-7-23-13(10-21)9-20(3)15-16(22)19(2)5-4-17-15/h4-5,8,13H,6-7,9-11H2,1-3H3/t13-/m1/s1. The van der Waals surface area contributed by atoms with Crippen LogP contribution in [0, 0.1) is 6.92 Å². The predicted octanol–water partition coefficient (Wildman–Crippen LogP) is 0.414. The van der Waals surface area contributed by atoms with Crippen LogP contribution < -0.4 is 10.5 Å². The SMILES string of the molecule is Cc1cnc(CN2CCO[C@H](CN(C)c3nccn(C)c3=O)C2)o1. The zero-order valence-electron chi connectivity index (χ0n) is 14.3. The lowest BCUT2D eigenvalue weighted by atomic mass is 10.2. The highest BCUT2D eigenvalue weighted by Crippen LogP contribution is 2.12. The molecule has 0 radical (unpaired) electrons. The monoisotopic (exact) mass is 333 g/mol. The second-order valence-electron chi connectivity index (χ2n) is 6.14. The summed E-state index contributed by atoms with van der Waals surface area (Å²) < 4.78 is 12.9. The van der Waals surface area contributed by atoms with Gasteiger partial charge in [0.05, 0.1) is 25.5 Å². The molecule has 3 heterocycles. The molecular weight excluding hydrogens is 310 g/mol. The summed E-state index contributed by atoms with van der Waals surface area (Å²) >= 11 is 0. The molecule has 1 saturated heterocycles. The molecule has 0 N–H and O–H groups in total. The van der Waals surface area contributed by atoms with Gasteiger partial charge in [0, 0.05) is 46.1 Å². The van der Waals surface area contributed by atoms with Gasteiger partial charge in [-0.05, 0) is 6.92 Å². The van der Waals surface area contributed by atoms with Gasteiger partial charge in [0.25, 0.3) is 5.56 Å². The van der Waals surface area contributed by atoms with Gasteiger partial charge in [-0.2, -0.15) is 0 Å². The van der Waals surface area contributed by atoms with Gasteiger partial charge in [0.2, 0.25) is 5.89 Å². The van der Waals surface area contributed by atoms with Crippen LogP contribution in [0.15, 0.2) is 27.8 Å². The zero-order chi connectivity index (χ0) is 17.1. The number of hydrogen-bond acceptors (Lipinski definition) is 7. The smallest absolute Gasteiger partial charge is 0.293 e. The molecule has 8 heteroatoms. The first-order chi connectivity index (χ1) is 11.5. The fourth-order valence-electron chi connectivity index (χ4n) is 2.84. The van der Waals surface area contributed by atoms with Crippen LogP contribution in [0.25, 0.3) is 0 Å². The van der Waals surface area contributed by atoms with Crippen LogP contribution >= 0.6 is 0 Å². The molecule has 1 fully saturated rings. The average Bonchev–Trinajstić information content (AvgIpc) is 2.95. The number of hydrogen-bond donors (Lipinski definition) is 0. The minimum Gasteiger partial charge on any atom is -0.445 e. The minimum atomic E-state index is -0.108. The van der Waals surface area contributed by atoms with Crippen LogP contribution in [-0.2, 0) is 18.3 Å². The Hall–Kier alpha value is -2.19. The van der Waals surface area contributed by atoms with Gasteiger partial charge < -0.3 is 18.6 Å². The number of rotatable bonds is 5. The van der Waals surface area contributed by atoms with Crippen molar-refractivity contribution in [3.05, 3.63) is 40.6 Å². The minimum absolute atomic E-state index is 0.00604. The second kappa shape index (κ2) is 7.14. The first-order valence-corrected chi connectivity index (χ1v) is 8.01. The highest BCUT2D eigenvalue weighted by Gasteiger charge is 2.24. The van der Waals surface area contributed by atoms with E-state index in [9.17, 15) is 4.79 Å². The van der Waals surface area contributed by atoms with Crippen LogP contribution in [0.1, 0.15) is 11.7 Å². The third-order valence-corrected chi connectivity index (χ3v) is 4.09. The summed E-state index contributed by atoms with van der Waals surface area (Å²) in [7, 11) is 3.59. The number of ether oxygens (including phenoxy) is 1. The number of nitrogens with zero attached hydrogens (tertiary/aromatic N) is 5. The molecule has 0 unspecified atom stereocenters. The van der Waals surface area contributed by atoms with Crippen LogP contribution in [0.2, 0.25) is 0 Å². The van der Waals surface area contributed by atoms with Crippen molar-refractivity contribution in [3.8, 4) is 0 Å². The Morgan fingerprint density at radius 1 is 1.42 bits per heavy atom. The Morgan fingerprint density at radius 2 is 2.25 bits per heavy atom. The largest absolute Gasteiger partial charge is 0.445 e. The van der Waals surface area contributed by atoms with Crippen molar-refractivity contribution in [3.63, 3.8) is 0 Å². The molecule has 0 amide bonds. The van der Waals surface area contributed by atoms with Crippen LogP contribution in [0.4, 0.5) is 5.82 Å². The molecule has 0 aromatic carbocycles. The number of morpholine rings is 1. The summed E-state index contributed by atoms with van der Waals surface area (Å²) in [4.78, 5) is 24.7. The predicted molar refractivity (Wildman–Crippen MR) is 89.0 cm³/mol. The molecule has 2 aromatic heterocycles. The van der Waals surface area contributed by atoms with E-state index in [1.54, 1.807) is 25.6 Å². The number of likely N-dealkylation sites (N-methyl/N-ethyl adjacent to an activating group) is 1. The van der Waals surface area contributed by atoms with Crippen molar-refractivity contribution in [2.75, 3.05) is 38.2 Å². The Balaban J connectivity index is 1.60. The van der Waals surface area contributed by atoms with E-state index in [1.165, 1.54) is 4.57 Å². The van der Waals surface area contributed by atoms with Crippen molar-refractivity contribution in [2.45, 2.75) is 19.6 Å². The summed E-state index contributed by atoms with van der Waals surface area (Å²) in [5.74, 6) is 1.98. The fourth-order valence-corrected chi connectivity index (χ4v) is 2.84. The molecule has 130 valence electrons. The molecule has 0 bridgehead atoms. The Morgan fingerprint density at radius 3 is 3.00 bits per heavy atom. The van der Waals surface area contributed by atoms with Crippen LogP contribution in [-0.4, -0.2) is 58.8 Å². The van der Waals surface area contributed by atoms with E-state index in [1.807, 2.05) is 18.9 Å². The van der Waals surface area contributed by atoms with Crippen molar-refractivity contribution in [1.82, 2.24) is 19.4 Å². The number of oxazole rings is 1. The lowest BCUT2D eigenvalue weighted by molar-refractivity contribution is -0.0288. The highest BCUT2D eigenvalue weighted by molar-refractivity contribution is 5.34. The van der Waals surface area contributed by atoms with Crippen molar-refractivity contribution < 1.29 is 9.15 Å². The number of anilines is 1. The Kier molecular flexibility index (Phi) is 4.96. The quantitative estimate of drug-likeness (QED) is 0.784. The molecule has 2 aromatic rings. The van der Waals surface area contributed by atoms with Crippen molar-refractivity contribution in [2.24, 2.45) is 7.05 Å². The fraction of sp³-hybridized carbons (Fsp3) is 0.562. The van der Waals surface area contributed by atoms with Gasteiger partial charge in [0.1, 0.15) is 5.76 Å². The maximum absolute atomic E-state index is 12.1. The van der Waals surface area contributed by atoms with E-state index >= 15 is 0 Å². The maximum atomic E-state index is 12.1. The molecule has 1 aliphatic heterocycles. The lowest BCUT2D eigenvalue weighted by Crippen LogP contribution is -2.47. The first kappa shape index (κ1) is 16.7.